The fraction of sp³-hybridized carbons (Fsp3) is 0.333. The quantitative estimate of drug-likeness (QED) is 0.633. The Bertz CT molecular complexity index is 364. The minimum Gasteiger partial charge on any atom is -0.483 e. The number of ether oxygens (including phenoxy) is 1. The van der Waals surface area contributed by atoms with Crippen molar-refractivity contribution in [1.82, 2.24) is 4.98 Å². The number of alkyl halides is 4. The molecular formula is C9H7BrF3NO2. The van der Waals surface area contributed by atoms with E-state index in [1.807, 2.05) is 0 Å². The monoisotopic (exact) mass is 297 g/mol. The zero-order valence-corrected chi connectivity index (χ0v) is 9.51. The molecular weight excluding hydrogens is 291 g/mol. The van der Waals surface area contributed by atoms with E-state index in [0.29, 0.717) is 0 Å². The molecule has 0 saturated heterocycles. The maximum atomic E-state index is 11.8. The van der Waals surface area contributed by atoms with Crippen LogP contribution < -0.4 is 4.74 Å². The van der Waals surface area contributed by atoms with Crippen LogP contribution in [0.3, 0.4) is 0 Å². The van der Waals surface area contributed by atoms with Crippen molar-refractivity contribution in [2.24, 2.45) is 0 Å². The van der Waals surface area contributed by atoms with Crippen LogP contribution in [0.2, 0.25) is 0 Å². The van der Waals surface area contributed by atoms with Crippen molar-refractivity contribution in [2.45, 2.75) is 6.18 Å². The van der Waals surface area contributed by atoms with Crippen molar-refractivity contribution < 1.29 is 22.7 Å². The molecule has 16 heavy (non-hydrogen) atoms. The first-order valence-corrected chi connectivity index (χ1v) is 5.29. The van der Waals surface area contributed by atoms with Gasteiger partial charge in [0.1, 0.15) is 11.4 Å². The number of pyridine rings is 1. The molecule has 0 aliphatic heterocycles. The van der Waals surface area contributed by atoms with Crippen molar-refractivity contribution in [3.05, 3.63) is 24.0 Å². The van der Waals surface area contributed by atoms with Crippen LogP contribution in [0, 0.1) is 0 Å². The highest BCUT2D eigenvalue weighted by molar-refractivity contribution is 9.09. The highest BCUT2D eigenvalue weighted by atomic mass is 79.9. The largest absolute Gasteiger partial charge is 0.483 e. The van der Waals surface area contributed by atoms with Gasteiger partial charge in [-0.3, -0.25) is 4.79 Å². The average molecular weight is 298 g/mol. The van der Waals surface area contributed by atoms with Crippen LogP contribution in [-0.4, -0.2) is 28.9 Å². The molecule has 3 nitrogen and oxygen atoms in total. The van der Waals surface area contributed by atoms with Gasteiger partial charge in [0.05, 0.1) is 11.5 Å². The van der Waals surface area contributed by atoms with E-state index < -0.39 is 12.8 Å². The summed E-state index contributed by atoms with van der Waals surface area (Å²) < 4.78 is 39.8. The number of carbonyl (C=O) groups is 1. The van der Waals surface area contributed by atoms with Crippen LogP contribution >= 0.6 is 15.9 Å². The summed E-state index contributed by atoms with van der Waals surface area (Å²) in [7, 11) is 0. The van der Waals surface area contributed by atoms with Crippen LogP contribution in [0.4, 0.5) is 13.2 Å². The van der Waals surface area contributed by atoms with Crippen molar-refractivity contribution in [2.75, 3.05) is 11.9 Å². The Labute approximate surface area is 97.8 Å². The second-order valence-corrected chi connectivity index (χ2v) is 3.40. The van der Waals surface area contributed by atoms with Crippen LogP contribution in [0.1, 0.15) is 10.5 Å². The molecule has 1 heterocycles. The van der Waals surface area contributed by atoms with Gasteiger partial charge in [-0.1, -0.05) is 15.9 Å². The van der Waals surface area contributed by atoms with E-state index in [2.05, 4.69) is 25.7 Å². The van der Waals surface area contributed by atoms with Gasteiger partial charge in [-0.05, 0) is 12.1 Å². The number of halogens is 4. The zero-order valence-electron chi connectivity index (χ0n) is 7.92. The molecule has 1 rings (SSSR count). The lowest BCUT2D eigenvalue weighted by Gasteiger charge is -2.08. The third-order valence-corrected chi connectivity index (χ3v) is 2.06. The van der Waals surface area contributed by atoms with Gasteiger partial charge in [0.15, 0.2) is 12.4 Å². The lowest BCUT2D eigenvalue weighted by molar-refractivity contribution is -0.153. The Balaban J connectivity index is 2.62. The number of rotatable bonds is 4. The Morgan fingerprint density at radius 1 is 1.44 bits per heavy atom. The first kappa shape index (κ1) is 13.0. The summed E-state index contributed by atoms with van der Waals surface area (Å²) >= 11 is 2.96. The van der Waals surface area contributed by atoms with Crippen LogP contribution in [0.5, 0.6) is 5.75 Å². The summed E-state index contributed by atoms with van der Waals surface area (Å²) in [6.07, 6.45) is -3.30. The second kappa shape index (κ2) is 5.29. The van der Waals surface area contributed by atoms with Crippen molar-refractivity contribution in [1.29, 1.82) is 0 Å². The molecule has 0 fully saturated rings. The molecule has 0 atom stereocenters. The van der Waals surface area contributed by atoms with Gasteiger partial charge in [0.2, 0.25) is 0 Å². The third-order valence-electron chi connectivity index (χ3n) is 1.55. The first-order chi connectivity index (χ1) is 7.42. The molecule has 7 heteroatoms. The van der Waals surface area contributed by atoms with Crippen molar-refractivity contribution in [3.8, 4) is 5.75 Å². The van der Waals surface area contributed by atoms with Gasteiger partial charge in [-0.2, -0.15) is 13.2 Å². The summed E-state index contributed by atoms with van der Waals surface area (Å²) in [6.45, 7) is -1.37. The Morgan fingerprint density at radius 2 is 2.12 bits per heavy atom. The Morgan fingerprint density at radius 3 is 2.56 bits per heavy atom. The number of Topliss-reactive ketones (excluding diaryl/α,β-unsaturated/α-hetero) is 1. The molecule has 0 bridgehead atoms. The van der Waals surface area contributed by atoms with E-state index in [-0.39, 0.29) is 22.6 Å². The molecule has 0 aromatic carbocycles. The minimum atomic E-state index is -4.38. The first-order valence-electron chi connectivity index (χ1n) is 4.17. The molecule has 0 amide bonds. The summed E-state index contributed by atoms with van der Waals surface area (Å²) in [6, 6.07) is 2.59. The maximum absolute atomic E-state index is 11.8. The summed E-state index contributed by atoms with van der Waals surface area (Å²) in [4.78, 5) is 14.8. The number of aromatic nitrogens is 1. The van der Waals surface area contributed by atoms with Gasteiger partial charge >= 0.3 is 6.18 Å². The number of nitrogens with zero attached hydrogens (tertiary/aromatic N) is 1. The van der Waals surface area contributed by atoms with E-state index in [1.54, 1.807) is 0 Å². The van der Waals surface area contributed by atoms with Gasteiger partial charge < -0.3 is 4.74 Å². The topological polar surface area (TPSA) is 39.2 Å². The van der Waals surface area contributed by atoms with Gasteiger partial charge in [0.25, 0.3) is 0 Å². The fourth-order valence-corrected chi connectivity index (χ4v) is 1.15. The predicted octanol–water partition coefficient (Wildman–Crippen LogP) is 2.60. The number of hydrogen-bond donors (Lipinski definition) is 0. The molecule has 0 N–H and O–H groups in total. The van der Waals surface area contributed by atoms with E-state index in [1.165, 1.54) is 12.1 Å². The lowest BCUT2D eigenvalue weighted by Crippen LogP contribution is -2.19. The standard InChI is InChI=1S/C9H7BrF3NO2/c10-3-8(15)7-2-1-6(4-14-7)16-5-9(11,12)13/h1-2,4H,3,5H2. The zero-order chi connectivity index (χ0) is 12.2. The van der Waals surface area contributed by atoms with Crippen molar-refractivity contribution in [3.63, 3.8) is 0 Å². The second-order valence-electron chi connectivity index (χ2n) is 2.84. The summed E-state index contributed by atoms with van der Waals surface area (Å²) in [5.74, 6) is -0.272. The molecule has 0 unspecified atom stereocenters. The third kappa shape index (κ3) is 4.18. The highest BCUT2D eigenvalue weighted by Gasteiger charge is 2.28. The van der Waals surface area contributed by atoms with Crippen LogP contribution in [-0.2, 0) is 0 Å². The molecule has 0 aliphatic carbocycles. The van der Waals surface area contributed by atoms with E-state index >= 15 is 0 Å². The van der Waals surface area contributed by atoms with Gasteiger partial charge in [-0.25, -0.2) is 4.98 Å². The molecule has 0 radical (unpaired) electrons. The molecule has 0 saturated carbocycles. The van der Waals surface area contributed by atoms with E-state index in [0.717, 1.165) is 6.20 Å². The molecule has 1 aromatic rings. The molecule has 0 aliphatic rings. The van der Waals surface area contributed by atoms with Gasteiger partial charge in [-0.15, -0.1) is 0 Å². The molecule has 0 spiro atoms. The van der Waals surface area contributed by atoms with Crippen LogP contribution in [0.25, 0.3) is 0 Å². The predicted molar refractivity (Wildman–Crippen MR) is 53.9 cm³/mol. The maximum Gasteiger partial charge on any atom is 0.422 e. The lowest BCUT2D eigenvalue weighted by atomic mass is 10.3. The minimum absolute atomic E-state index is 0.0246. The normalized spacial score (nSPS) is 11.2. The van der Waals surface area contributed by atoms with E-state index in [9.17, 15) is 18.0 Å². The Kier molecular flexibility index (Phi) is 4.28. The summed E-state index contributed by atoms with van der Waals surface area (Å²) in [5, 5.41) is 0.114. The van der Waals surface area contributed by atoms with E-state index in [4.69, 9.17) is 0 Å². The summed E-state index contributed by atoms with van der Waals surface area (Å²) in [5.41, 5.74) is 0.177. The smallest absolute Gasteiger partial charge is 0.422 e. The molecule has 88 valence electrons. The Hall–Kier alpha value is -1.11. The molecule has 1 aromatic heterocycles. The highest BCUT2D eigenvalue weighted by Crippen LogP contribution is 2.17. The van der Waals surface area contributed by atoms with Crippen molar-refractivity contribution >= 4 is 21.7 Å². The fourth-order valence-electron chi connectivity index (χ4n) is 0.864. The van der Waals surface area contributed by atoms with Gasteiger partial charge in [0, 0.05) is 0 Å². The SMILES string of the molecule is O=C(CBr)c1ccc(OCC(F)(F)F)cn1. The number of ketones is 1. The average Bonchev–Trinajstić information content (AvgIpc) is 2.25. The van der Waals surface area contributed by atoms with Crippen LogP contribution in [0.15, 0.2) is 18.3 Å². The number of carbonyl (C=O) groups excluding carboxylic acids is 1. The number of hydrogen-bond acceptors (Lipinski definition) is 3.